The standard InChI is InChI=1S/C56H61N3O8SSi2/c1-54(2,69(63,40-23-12-8-13-24-40)41-25-14-9-15-26-41)33-22-35-66-47(44-31-20-21-32-46(44)65-7)39-58-52-45(37-48(68-52)50-57-34-36-67-50)51(61)59(53(58)62)56(5,6)49(60)38-55(3,4)70(64,42-27-16-10-17-28-42)43-29-18-11-19-30-43/h8-21,23-32,34,36-37,47,63-64H,22,33,35,38-39H2,1-7H3/t47-/m0/s1. The number of ketones is 1. The average Bonchev–Trinajstić information content (AvgIpc) is 4.08. The largest absolute Gasteiger partial charge is 0.496 e. The summed E-state index contributed by atoms with van der Waals surface area (Å²) in [7, 11) is -5.40. The number of hydrogen-bond donors (Lipinski definition) is 2. The van der Waals surface area contributed by atoms with E-state index in [1.807, 2.05) is 159 Å². The molecule has 3 heterocycles. The molecule has 0 aliphatic heterocycles. The summed E-state index contributed by atoms with van der Waals surface area (Å²) < 4.78 is 21.0. The first kappa shape index (κ1) is 50.1. The lowest BCUT2D eigenvalue weighted by Crippen LogP contribution is -2.66. The second-order valence-corrected chi connectivity index (χ2v) is 28.6. The number of thiophene rings is 1. The molecule has 0 saturated carbocycles. The van der Waals surface area contributed by atoms with E-state index < -0.39 is 55.4 Å². The van der Waals surface area contributed by atoms with Crippen LogP contribution < -0.4 is 36.7 Å². The van der Waals surface area contributed by atoms with Crippen LogP contribution >= 0.6 is 11.3 Å². The minimum absolute atomic E-state index is 0.0535. The number of methoxy groups -OCH3 is 1. The Morgan fingerprint density at radius 3 is 1.73 bits per heavy atom. The molecule has 0 saturated heterocycles. The van der Waals surface area contributed by atoms with E-state index in [0.717, 1.165) is 25.3 Å². The zero-order valence-corrected chi connectivity index (χ0v) is 43.6. The third-order valence-electron chi connectivity index (χ3n) is 14.1. The minimum atomic E-state index is -3.67. The van der Waals surface area contributed by atoms with Gasteiger partial charge in [-0.25, -0.2) is 14.3 Å². The Balaban J connectivity index is 1.17. The van der Waals surface area contributed by atoms with Gasteiger partial charge in [-0.15, -0.1) is 11.3 Å². The Kier molecular flexibility index (Phi) is 14.5. The summed E-state index contributed by atoms with van der Waals surface area (Å²) in [6, 6.07) is 47.8. The van der Waals surface area contributed by atoms with Crippen LogP contribution in [0.25, 0.3) is 21.0 Å². The number of para-hydroxylation sites is 1. The van der Waals surface area contributed by atoms with Crippen molar-refractivity contribution in [3.8, 4) is 16.5 Å². The number of rotatable bonds is 20. The summed E-state index contributed by atoms with van der Waals surface area (Å²) in [6.07, 6.45) is 3.24. The highest BCUT2D eigenvalue weighted by Crippen LogP contribution is 2.42. The maximum Gasteiger partial charge on any atom is 0.333 e. The molecule has 0 fully saturated rings. The molecule has 0 bridgehead atoms. The highest BCUT2D eigenvalue weighted by molar-refractivity contribution is 7.21. The topological polar surface area (TPSA) is 146 Å². The second-order valence-electron chi connectivity index (χ2n) is 19.7. The molecule has 362 valence electrons. The molecular formula is C56H61N3O8SSi2. The van der Waals surface area contributed by atoms with Gasteiger partial charge in [0.25, 0.3) is 22.2 Å². The van der Waals surface area contributed by atoms with Crippen molar-refractivity contribution in [1.29, 1.82) is 0 Å². The predicted octanol–water partition coefficient (Wildman–Crippen LogP) is 8.19. The predicted molar refractivity (Wildman–Crippen MR) is 284 cm³/mol. The van der Waals surface area contributed by atoms with Gasteiger partial charge in [-0.3, -0.25) is 14.2 Å². The third-order valence-corrected chi connectivity index (χ3v) is 24.3. The summed E-state index contributed by atoms with van der Waals surface area (Å²) in [5.41, 5.74) is -2.32. The Hall–Kier alpha value is -6.27. The molecule has 0 amide bonds. The third kappa shape index (κ3) is 9.27. The van der Waals surface area contributed by atoms with Crippen LogP contribution in [0.1, 0.15) is 72.5 Å². The number of carbonyl (C=O) groups is 1. The van der Waals surface area contributed by atoms with Crippen LogP contribution in [0.4, 0.5) is 0 Å². The number of ether oxygens (including phenoxy) is 2. The van der Waals surface area contributed by atoms with Gasteiger partial charge < -0.3 is 23.5 Å². The molecule has 5 aromatic carbocycles. The zero-order valence-electron chi connectivity index (χ0n) is 40.8. The highest BCUT2D eigenvalue weighted by atomic mass is 32.1. The van der Waals surface area contributed by atoms with Crippen LogP contribution in [0, 0.1) is 0 Å². The maximum atomic E-state index is 15.4. The molecule has 3 aromatic heterocycles. The Morgan fingerprint density at radius 1 is 0.729 bits per heavy atom. The Morgan fingerprint density at radius 2 is 1.23 bits per heavy atom. The van der Waals surface area contributed by atoms with Crippen molar-refractivity contribution < 1.29 is 28.3 Å². The number of hydrogen-bond acceptors (Lipinski definition) is 10. The minimum Gasteiger partial charge on any atom is -0.496 e. The van der Waals surface area contributed by atoms with E-state index in [2.05, 4.69) is 18.8 Å². The fourth-order valence-electron chi connectivity index (χ4n) is 10.00. The Labute approximate surface area is 414 Å². The smallest absolute Gasteiger partial charge is 0.333 e. The maximum absolute atomic E-state index is 15.4. The van der Waals surface area contributed by atoms with Gasteiger partial charge in [0.15, 0.2) is 5.78 Å². The highest BCUT2D eigenvalue weighted by Gasteiger charge is 2.53. The van der Waals surface area contributed by atoms with Gasteiger partial charge in [0.2, 0.25) is 5.89 Å². The van der Waals surface area contributed by atoms with Crippen LogP contribution in [-0.2, 0) is 21.6 Å². The number of oxazole rings is 1. The first-order valence-corrected chi connectivity index (χ1v) is 28.3. The fourth-order valence-corrected chi connectivity index (χ4v) is 18.5. The molecule has 0 radical (unpaired) electrons. The first-order chi connectivity index (χ1) is 33.5. The van der Waals surface area contributed by atoms with Gasteiger partial charge >= 0.3 is 5.69 Å². The first-order valence-electron chi connectivity index (χ1n) is 23.6. The normalized spacial score (nSPS) is 13.1. The monoisotopic (exact) mass is 991 g/mol. The van der Waals surface area contributed by atoms with E-state index in [1.165, 1.54) is 28.4 Å². The number of nitrogens with zero attached hydrogens (tertiary/aromatic N) is 3. The quantitative estimate of drug-likeness (QED) is 0.0571. The van der Waals surface area contributed by atoms with E-state index in [-0.39, 0.29) is 30.8 Å². The van der Waals surface area contributed by atoms with Gasteiger partial charge in [-0.05, 0) is 69.6 Å². The van der Waals surface area contributed by atoms with Gasteiger partial charge in [0.05, 0.1) is 30.1 Å². The molecule has 0 aliphatic carbocycles. The summed E-state index contributed by atoms with van der Waals surface area (Å²) in [6.45, 7) is 11.4. The number of Topliss-reactive ketones (excluding diaryl/α,β-unsaturated/α-hetero) is 1. The summed E-state index contributed by atoms with van der Waals surface area (Å²) in [4.78, 5) is 76.5. The van der Waals surface area contributed by atoms with Gasteiger partial charge in [0.1, 0.15) is 28.5 Å². The molecule has 2 N–H and O–H groups in total. The van der Waals surface area contributed by atoms with E-state index >= 15 is 9.59 Å². The van der Waals surface area contributed by atoms with Crippen LogP contribution in [0.5, 0.6) is 5.75 Å². The van der Waals surface area contributed by atoms with E-state index in [9.17, 15) is 14.4 Å². The molecule has 8 rings (SSSR count). The van der Waals surface area contributed by atoms with Crippen molar-refractivity contribution in [2.45, 2.75) is 89.1 Å². The lowest BCUT2D eigenvalue weighted by atomic mass is 9.91. The van der Waals surface area contributed by atoms with E-state index in [1.54, 1.807) is 27.0 Å². The lowest BCUT2D eigenvalue weighted by Gasteiger charge is -2.42. The molecule has 1 atom stereocenters. The number of aromatic nitrogens is 3. The van der Waals surface area contributed by atoms with Crippen LogP contribution in [0.2, 0.25) is 10.1 Å². The average molecular weight is 992 g/mol. The number of benzene rings is 5. The van der Waals surface area contributed by atoms with Crippen molar-refractivity contribution >= 4 is 64.7 Å². The van der Waals surface area contributed by atoms with Gasteiger partial charge in [-0.2, -0.15) is 0 Å². The van der Waals surface area contributed by atoms with Crippen LogP contribution in [-0.4, -0.2) is 59.8 Å². The number of carbonyl (C=O) groups excluding carboxylic acids is 1. The van der Waals surface area contributed by atoms with Crippen molar-refractivity contribution in [3.05, 3.63) is 191 Å². The summed E-state index contributed by atoms with van der Waals surface area (Å²) in [5, 5.41) is 2.01. The van der Waals surface area contributed by atoms with Crippen molar-refractivity contribution in [2.24, 2.45) is 0 Å². The lowest BCUT2D eigenvalue weighted by molar-refractivity contribution is -0.127. The van der Waals surface area contributed by atoms with Crippen LogP contribution in [0.3, 0.4) is 0 Å². The van der Waals surface area contributed by atoms with E-state index in [0.29, 0.717) is 33.9 Å². The molecule has 14 heteroatoms. The molecule has 0 aliphatic rings. The number of fused-ring (bicyclic) bond motifs is 1. The van der Waals surface area contributed by atoms with Gasteiger partial charge in [0, 0.05) is 18.6 Å². The summed E-state index contributed by atoms with van der Waals surface area (Å²) >= 11 is 1.19. The van der Waals surface area contributed by atoms with E-state index in [4.69, 9.17) is 13.9 Å². The SMILES string of the molecule is COc1ccccc1[C@H](Cn1c(=O)n(C(C)(C)C(=O)CC(C)(C)[Si](O)(c2ccccc2)c2ccccc2)c(=O)c2cc(-c3ncco3)sc21)OCCCC(C)(C)[Si](O)(c1ccccc1)c1ccccc1. The molecule has 8 aromatic rings. The summed E-state index contributed by atoms with van der Waals surface area (Å²) in [5.74, 6) is 0.445. The molecule has 0 spiro atoms. The zero-order chi connectivity index (χ0) is 49.9. The molecular weight excluding hydrogens is 931 g/mol. The van der Waals surface area contributed by atoms with Crippen molar-refractivity contribution in [3.63, 3.8) is 0 Å². The Bertz CT molecular complexity index is 3090. The molecule has 70 heavy (non-hydrogen) atoms. The second kappa shape index (κ2) is 20.2. The molecule has 0 unspecified atom stereocenters. The van der Waals surface area contributed by atoms with Crippen molar-refractivity contribution in [1.82, 2.24) is 14.1 Å². The van der Waals surface area contributed by atoms with Crippen molar-refractivity contribution in [2.75, 3.05) is 13.7 Å². The fraction of sp³-hybridized carbons (Fsp3) is 0.286. The van der Waals surface area contributed by atoms with Crippen LogP contribution in [0.15, 0.2) is 178 Å². The molecule has 11 nitrogen and oxygen atoms in total. The van der Waals surface area contributed by atoms with Gasteiger partial charge in [-0.1, -0.05) is 167 Å².